The lowest BCUT2D eigenvalue weighted by molar-refractivity contribution is 0.0895. The fourth-order valence-corrected chi connectivity index (χ4v) is 5.10. The Morgan fingerprint density at radius 2 is 2.00 bits per heavy atom. The molecular formula is C20H30N4OS. The fraction of sp³-hybridized carbons (Fsp3) is 0.650. The fourth-order valence-electron chi connectivity index (χ4n) is 4.05. The molecule has 1 amide bonds. The third-order valence-corrected chi connectivity index (χ3v) is 7.20. The highest BCUT2D eigenvalue weighted by Gasteiger charge is 2.30. The summed E-state index contributed by atoms with van der Waals surface area (Å²) in [6.45, 7) is 12.6. The molecule has 0 unspecified atom stereocenters. The van der Waals surface area contributed by atoms with E-state index >= 15 is 0 Å². The van der Waals surface area contributed by atoms with Crippen molar-refractivity contribution in [2.24, 2.45) is 11.8 Å². The Morgan fingerprint density at radius 3 is 2.69 bits per heavy atom. The number of anilines is 1. The first-order chi connectivity index (χ1) is 12.5. The van der Waals surface area contributed by atoms with Gasteiger partial charge in [-0.1, -0.05) is 26.7 Å². The van der Waals surface area contributed by atoms with E-state index in [4.69, 9.17) is 0 Å². The predicted molar refractivity (Wildman–Crippen MR) is 109 cm³/mol. The van der Waals surface area contributed by atoms with Crippen molar-refractivity contribution in [2.75, 3.05) is 18.0 Å². The van der Waals surface area contributed by atoms with E-state index in [1.54, 1.807) is 6.33 Å². The van der Waals surface area contributed by atoms with Gasteiger partial charge in [0.15, 0.2) is 0 Å². The number of aryl methyl sites for hydroxylation is 1. The maximum atomic E-state index is 13.0. The van der Waals surface area contributed by atoms with E-state index in [1.807, 2.05) is 6.92 Å². The Labute approximate surface area is 160 Å². The summed E-state index contributed by atoms with van der Waals surface area (Å²) in [5.41, 5.74) is 1.00. The summed E-state index contributed by atoms with van der Waals surface area (Å²) < 4.78 is 0. The normalized spacial score (nSPS) is 23.2. The van der Waals surface area contributed by atoms with Crippen molar-refractivity contribution in [3.63, 3.8) is 0 Å². The molecule has 5 nitrogen and oxygen atoms in total. The smallest absolute Gasteiger partial charge is 0.261 e. The van der Waals surface area contributed by atoms with Crippen molar-refractivity contribution in [1.29, 1.82) is 0 Å². The minimum Gasteiger partial charge on any atom is -0.357 e. The first-order valence-electron chi connectivity index (χ1n) is 9.77. The predicted octanol–water partition coefficient (Wildman–Crippen LogP) is 4.40. The van der Waals surface area contributed by atoms with Crippen LogP contribution >= 0.6 is 11.3 Å². The second kappa shape index (κ2) is 7.91. The molecule has 26 heavy (non-hydrogen) atoms. The van der Waals surface area contributed by atoms with Crippen molar-refractivity contribution < 1.29 is 4.79 Å². The third-order valence-electron chi connectivity index (χ3n) is 6.00. The van der Waals surface area contributed by atoms with E-state index in [2.05, 4.69) is 47.9 Å². The summed E-state index contributed by atoms with van der Waals surface area (Å²) in [6.07, 6.45) is 5.14. The average molecular weight is 375 g/mol. The highest BCUT2D eigenvalue weighted by Crippen LogP contribution is 2.35. The number of hydrogen-bond donors (Lipinski definition) is 1. The largest absolute Gasteiger partial charge is 0.357 e. The molecule has 2 aromatic rings. The van der Waals surface area contributed by atoms with Crippen LogP contribution in [-0.4, -0.2) is 35.0 Å². The van der Waals surface area contributed by atoms with Gasteiger partial charge in [0.1, 0.15) is 17.0 Å². The van der Waals surface area contributed by atoms with Crippen LogP contribution in [0.2, 0.25) is 0 Å². The molecule has 6 heteroatoms. The summed E-state index contributed by atoms with van der Waals surface area (Å²) in [5.74, 6) is 2.17. The van der Waals surface area contributed by atoms with Crippen molar-refractivity contribution in [3.05, 3.63) is 16.8 Å². The topological polar surface area (TPSA) is 58.1 Å². The van der Waals surface area contributed by atoms with E-state index in [-0.39, 0.29) is 11.9 Å². The van der Waals surface area contributed by atoms with Gasteiger partial charge in [-0.2, -0.15) is 0 Å². The summed E-state index contributed by atoms with van der Waals surface area (Å²) in [7, 11) is 0. The first-order valence-corrected chi connectivity index (χ1v) is 10.6. The number of nitrogens with zero attached hydrogens (tertiary/aromatic N) is 3. The molecule has 1 aliphatic rings. The van der Waals surface area contributed by atoms with Gasteiger partial charge < -0.3 is 10.2 Å². The van der Waals surface area contributed by atoms with Crippen molar-refractivity contribution >= 4 is 33.3 Å². The van der Waals surface area contributed by atoms with Crippen LogP contribution in [0.3, 0.4) is 0 Å². The van der Waals surface area contributed by atoms with E-state index in [0.717, 1.165) is 46.0 Å². The van der Waals surface area contributed by atoms with Crippen molar-refractivity contribution in [2.45, 2.75) is 59.9 Å². The highest BCUT2D eigenvalue weighted by atomic mass is 32.1. The van der Waals surface area contributed by atoms with E-state index < -0.39 is 0 Å². The zero-order chi connectivity index (χ0) is 18.8. The van der Waals surface area contributed by atoms with Gasteiger partial charge in [-0.15, -0.1) is 11.3 Å². The van der Waals surface area contributed by atoms with Gasteiger partial charge in [0.25, 0.3) is 5.91 Å². The number of amides is 1. The van der Waals surface area contributed by atoms with Crippen molar-refractivity contribution in [1.82, 2.24) is 15.3 Å². The molecule has 3 atom stereocenters. The molecule has 0 radical (unpaired) electrons. The number of carbonyl (C=O) groups excluding carboxylic acids is 1. The molecule has 1 aliphatic carbocycles. The maximum Gasteiger partial charge on any atom is 0.261 e. The number of carbonyl (C=O) groups is 1. The molecule has 0 aromatic carbocycles. The summed E-state index contributed by atoms with van der Waals surface area (Å²) in [4.78, 5) is 25.8. The summed E-state index contributed by atoms with van der Waals surface area (Å²) in [5, 5.41) is 4.33. The van der Waals surface area contributed by atoms with E-state index in [9.17, 15) is 4.79 Å². The van der Waals surface area contributed by atoms with Crippen LogP contribution in [0, 0.1) is 18.8 Å². The van der Waals surface area contributed by atoms with Crippen LogP contribution in [0.4, 0.5) is 5.82 Å². The van der Waals surface area contributed by atoms with Crippen molar-refractivity contribution in [3.8, 4) is 0 Å². The van der Waals surface area contributed by atoms with Gasteiger partial charge in [-0.25, -0.2) is 9.97 Å². The Bertz CT molecular complexity index is 783. The number of fused-ring (bicyclic) bond motifs is 1. The minimum absolute atomic E-state index is 0.0435. The Kier molecular flexibility index (Phi) is 5.80. The van der Waals surface area contributed by atoms with Gasteiger partial charge in [0, 0.05) is 19.1 Å². The number of aromatic nitrogens is 2. The van der Waals surface area contributed by atoms with Crippen LogP contribution in [0.1, 0.15) is 62.2 Å². The quantitative estimate of drug-likeness (QED) is 0.843. The number of hydrogen-bond acceptors (Lipinski definition) is 5. The minimum atomic E-state index is 0.0435. The molecule has 3 rings (SSSR count). The molecule has 2 aromatic heterocycles. The molecule has 142 valence electrons. The van der Waals surface area contributed by atoms with Crippen LogP contribution in [-0.2, 0) is 0 Å². The molecule has 1 fully saturated rings. The average Bonchev–Trinajstić information content (AvgIpc) is 2.98. The lowest BCUT2D eigenvalue weighted by atomic mass is 9.78. The molecule has 1 N–H and O–H groups in total. The molecule has 0 aliphatic heterocycles. The van der Waals surface area contributed by atoms with Crippen LogP contribution in [0.5, 0.6) is 0 Å². The lowest BCUT2D eigenvalue weighted by Gasteiger charge is -2.34. The zero-order valence-corrected chi connectivity index (χ0v) is 17.3. The Balaban J connectivity index is 1.92. The standard InChI is InChI=1S/C20H30N4OS/c1-6-24(7-2)18-16-14(5)17(26-20(16)22-11-21-18)19(25)23-15-10-8-9-12(3)13(15)4/h11-13,15H,6-10H2,1-5H3,(H,23,25)/t12-,13-,15+/m0/s1. The van der Waals surface area contributed by atoms with Gasteiger partial charge in [-0.05, 0) is 44.6 Å². The van der Waals surface area contributed by atoms with E-state index in [1.165, 1.54) is 24.2 Å². The Hall–Kier alpha value is -1.69. The van der Waals surface area contributed by atoms with Gasteiger partial charge >= 0.3 is 0 Å². The van der Waals surface area contributed by atoms with Crippen LogP contribution < -0.4 is 10.2 Å². The second-order valence-corrected chi connectivity index (χ2v) is 8.45. The molecule has 1 saturated carbocycles. The van der Waals surface area contributed by atoms with E-state index in [0.29, 0.717) is 11.8 Å². The third kappa shape index (κ3) is 3.43. The summed E-state index contributed by atoms with van der Waals surface area (Å²) >= 11 is 1.49. The van der Waals surface area contributed by atoms with Gasteiger partial charge in [0.2, 0.25) is 0 Å². The molecule has 0 spiro atoms. The number of thiophene rings is 1. The first kappa shape index (κ1) is 19.1. The molecule has 0 saturated heterocycles. The van der Waals surface area contributed by atoms with Crippen LogP contribution in [0.15, 0.2) is 6.33 Å². The number of nitrogens with one attached hydrogen (secondary N) is 1. The van der Waals surface area contributed by atoms with Gasteiger partial charge in [-0.3, -0.25) is 4.79 Å². The highest BCUT2D eigenvalue weighted by molar-refractivity contribution is 7.20. The molecule has 0 bridgehead atoms. The summed E-state index contributed by atoms with van der Waals surface area (Å²) in [6, 6.07) is 0.268. The van der Waals surface area contributed by atoms with Gasteiger partial charge in [0.05, 0.1) is 10.3 Å². The lowest BCUT2D eigenvalue weighted by Crippen LogP contribution is -2.43. The SMILES string of the molecule is CCN(CC)c1ncnc2sc(C(=O)N[C@@H]3CCC[C@H](C)[C@@H]3C)c(C)c12. The van der Waals surface area contributed by atoms with Crippen LogP contribution in [0.25, 0.3) is 10.2 Å². The Morgan fingerprint density at radius 1 is 1.27 bits per heavy atom. The zero-order valence-electron chi connectivity index (χ0n) is 16.5. The maximum absolute atomic E-state index is 13.0. The second-order valence-electron chi connectivity index (χ2n) is 7.45. The molecule has 2 heterocycles. The number of rotatable bonds is 5. The molecular weight excluding hydrogens is 344 g/mol. The monoisotopic (exact) mass is 374 g/mol.